The molecular weight excluding hydrogens is 250 g/mol. The predicted octanol–water partition coefficient (Wildman–Crippen LogP) is 2.02. The van der Waals surface area contributed by atoms with Crippen molar-refractivity contribution in [3.63, 3.8) is 0 Å². The summed E-state index contributed by atoms with van der Waals surface area (Å²) in [5.74, 6) is 0.886. The largest absolute Gasteiger partial charge is 0.497 e. The van der Waals surface area contributed by atoms with Crippen molar-refractivity contribution in [2.24, 2.45) is 5.41 Å². The molecule has 0 aliphatic carbocycles. The number of benzene rings is 1. The fraction of sp³-hybridized carbons (Fsp3) is 0.571. The quantitative estimate of drug-likeness (QED) is 0.880. The monoisotopic (exact) mass is 271 g/mol. The molecule has 4 heteroatoms. The number of methoxy groups -OCH3 is 1. The van der Waals surface area contributed by atoms with Crippen LogP contribution in [-0.2, 0) is 6.42 Å². The molecule has 1 aliphatic rings. The molecule has 18 heavy (non-hydrogen) atoms. The molecule has 2 rings (SSSR count). The number of rotatable bonds is 4. The van der Waals surface area contributed by atoms with Crippen molar-refractivity contribution in [3.8, 4) is 5.75 Å². The lowest BCUT2D eigenvalue weighted by atomic mass is 9.75. The predicted molar refractivity (Wildman–Crippen MR) is 75.6 cm³/mol. The van der Waals surface area contributed by atoms with E-state index in [-0.39, 0.29) is 24.4 Å². The molecule has 1 aliphatic heterocycles. The SMILES string of the molecule is COc1ccc(CC2(CO)CCNCC2)cc1.Cl. The minimum atomic E-state index is 0. The lowest BCUT2D eigenvalue weighted by Crippen LogP contribution is -2.40. The maximum absolute atomic E-state index is 9.65. The number of piperidine rings is 1. The van der Waals surface area contributed by atoms with E-state index in [1.54, 1.807) is 7.11 Å². The highest BCUT2D eigenvalue weighted by Gasteiger charge is 2.31. The summed E-state index contributed by atoms with van der Waals surface area (Å²) >= 11 is 0. The first-order valence-electron chi connectivity index (χ1n) is 6.22. The van der Waals surface area contributed by atoms with Crippen molar-refractivity contribution in [1.29, 1.82) is 0 Å². The number of nitrogens with one attached hydrogen (secondary N) is 1. The zero-order chi connectivity index (χ0) is 12.1. The van der Waals surface area contributed by atoms with Crippen LogP contribution in [0.3, 0.4) is 0 Å². The molecular formula is C14H22ClNO2. The molecule has 3 nitrogen and oxygen atoms in total. The van der Waals surface area contributed by atoms with E-state index >= 15 is 0 Å². The molecule has 2 N–H and O–H groups in total. The zero-order valence-corrected chi connectivity index (χ0v) is 11.6. The van der Waals surface area contributed by atoms with Gasteiger partial charge in [-0.15, -0.1) is 12.4 Å². The number of halogens is 1. The third-order valence-electron chi connectivity index (χ3n) is 3.74. The Labute approximate surface area is 115 Å². The van der Waals surface area contributed by atoms with Crippen LogP contribution in [0.2, 0.25) is 0 Å². The van der Waals surface area contributed by atoms with E-state index in [9.17, 15) is 5.11 Å². The number of ether oxygens (including phenoxy) is 1. The molecule has 1 aromatic rings. The molecule has 0 radical (unpaired) electrons. The molecule has 0 atom stereocenters. The first-order chi connectivity index (χ1) is 8.28. The van der Waals surface area contributed by atoms with Crippen LogP contribution in [0, 0.1) is 5.41 Å². The van der Waals surface area contributed by atoms with Gasteiger partial charge in [-0.2, -0.15) is 0 Å². The summed E-state index contributed by atoms with van der Waals surface area (Å²) in [5.41, 5.74) is 1.35. The van der Waals surface area contributed by atoms with E-state index in [2.05, 4.69) is 17.4 Å². The molecule has 0 aromatic heterocycles. The van der Waals surface area contributed by atoms with E-state index in [0.29, 0.717) is 0 Å². The van der Waals surface area contributed by atoms with Gasteiger partial charge in [0.05, 0.1) is 7.11 Å². The second-order valence-corrected chi connectivity index (χ2v) is 4.93. The van der Waals surface area contributed by atoms with Crippen LogP contribution in [0.4, 0.5) is 0 Å². The summed E-state index contributed by atoms with van der Waals surface area (Å²) in [6.45, 7) is 2.30. The summed E-state index contributed by atoms with van der Waals surface area (Å²) in [7, 11) is 1.68. The zero-order valence-electron chi connectivity index (χ0n) is 10.8. The van der Waals surface area contributed by atoms with Gasteiger partial charge in [0.15, 0.2) is 0 Å². The molecule has 1 saturated heterocycles. The van der Waals surface area contributed by atoms with Gasteiger partial charge in [0.1, 0.15) is 5.75 Å². The summed E-state index contributed by atoms with van der Waals surface area (Å²) in [4.78, 5) is 0. The Morgan fingerprint density at radius 2 is 1.83 bits per heavy atom. The minimum absolute atomic E-state index is 0. The standard InChI is InChI=1S/C14H21NO2.ClH/c1-17-13-4-2-12(3-5-13)10-14(11-16)6-8-15-9-7-14;/h2-5,15-16H,6-11H2,1H3;1H. The van der Waals surface area contributed by atoms with Crippen molar-refractivity contribution < 1.29 is 9.84 Å². The van der Waals surface area contributed by atoms with Crippen LogP contribution >= 0.6 is 12.4 Å². The molecule has 0 bridgehead atoms. The fourth-order valence-corrected chi connectivity index (χ4v) is 2.52. The highest BCUT2D eigenvalue weighted by molar-refractivity contribution is 5.85. The van der Waals surface area contributed by atoms with Gasteiger partial charge in [-0.3, -0.25) is 0 Å². The van der Waals surface area contributed by atoms with Crippen LogP contribution < -0.4 is 10.1 Å². The van der Waals surface area contributed by atoms with Crippen molar-refractivity contribution in [2.75, 3.05) is 26.8 Å². The van der Waals surface area contributed by atoms with Gasteiger partial charge in [-0.25, -0.2) is 0 Å². The van der Waals surface area contributed by atoms with Crippen LogP contribution in [0.15, 0.2) is 24.3 Å². The van der Waals surface area contributed by atoms with Gasteiger partial charge in [-0.1, -0.05) is 12.1 Å². The van der Waals surface area contributed by atoms with Crippen LogP contribution in [0.1, 0.15) is 18.4 Å². The fourth-order valence-electron chi connectivity index (χ4n) is 2.52. The van der Waals surface area contributed by atoms with E-state index in [0.717, 1.165) is 38.1 Å². The normalized spacial score (nSPS) is 17.9. The Hall–Kier alpha value is -0.770. The van der Waals surface area contributed by atoms with Crippen molar-refractivity contribution in [2.45, 2.75) is 19.3 Å². The van der Waals surface area contributed by atoms with E-state index in [1.165, 1.54) is 5.56 Å². The molecule has 1 fully saturated rings. The van der Waals surface area contributed by atoms with E-state index in [4.69, 9.17) is 4.74 Å². The molecule has 0 spiro atoms. The number of aliphatic hydroxyl groups excluding tert-OH is 1. The summed E-state index contributed by atoms with van der Waals surface area (Å²) in [6, 6.07) is 8.17. The Kier molecular flexibility index (Phi) is 5.93. The maximum Gasteiger partial charge on any atom is 0.118 e. The average molecular weight is 272 g/mol. The highest BCUT2D eigenvalue weighted by atomic mass is 35.5. The molecule has 1 heterocycles. The number of aliphatic hydroxyl groups is 1. The van der Waals surface area contributed by atoms with Crippen molar-refractivity contribution in [1.82, 2.24) is 5.32 Å². The van der Waals surface area contributed by atoms with Gasteiger partial charge < -0.3 is 15.2 Å². The lowest BCUT2D eigenvalue weighted by Gasteiger charge is -2.36. The minimum Gasteiger partial charge on any atom is -0.497 e. The summed E-state index contributed by atoms with van der Waals surface area (Å²) in [6.07, 6.45) is 3.06. The molecule has 102 valence electrons. The molecule has 0 amide bonds. The summed E-state index contributed by atoms with van der Waals surface area (Å²) < 4.78 is 5.15. The average Bonchev–Trinajstić information content (AvgIpc) is 2.41. The Morgan fingerprint density at radius 1 is 1.22 bits per heavy atom. The maximum atomic E-state index is 9.65. The Morgan fingerprint density at radius 3 is 2.33 bits per heavy atom. The van der Waals surface area contributed by atoms with Gasteiger partial charge in [0.25, 0.3) is 0 Å². The van der Waals surface area contributed by atoms with Crippen molar-refractivity contribution >= 4 is 12.4 Å². The van der Waals surface area contributed by atoms with Gasteiger partial charge in [0.2, 0.25) is 0 Å². The van der Waals surface area contributed by atoms with E-state index in [1.807, 2.05) is 12.1 Å². The van der Waals surface area contributed by atoms with Gasteiger partial charge >= 0.3 is 0 Å². The second kappa shape index (κ2) is 6.98. The highest BCUT2D eigenvalue weighted by Crippen LogP contribution is 2.32. The Balaban J connectivity index is 0.00000162. The number of hydrogen-bond acceptors (Lipinski definition) is 3. The van der Waals surface area contributed by atoms with Crippen LogP contribution in [-0.4, -0.2) is 31.9 Å². The lowest BCUT2D eigenvalue weighted by molar-refractivity contribution is 0.0893. The molecule has 0 saturated carbocycles. The van der Waals surface area contributed by atoms with E-state index < -0.39 is 0 Å². The van der Waals surface area contributed by atoms with Crippen LogP contribution in [0.5, 0.6) is 5.75 Å². The third kappa shape index (κ3) is 3.61. The second-order valence-electron chi connectivity index (χ2n) is 4.93. The third-order valence-corrected chi connectivity index (χ3v) is 3.74. The van der Waals surface area contributed by atoms with Gasteiger partial charge in [0, 0.05) is 6.61 Å². The van der Waals surface area contributed by atoms with Crippen molar-refractivity contribution in [3.05, 3.63) is 29.8 Å². The first-order valence-corrected chi connectivity index (χ1v) is 6.22. The Bertz CT molecular complexity index is 347. The van der Waals surface area contributed by atoms with Crippen LogP contribution in [0.25, 0.3) is 0 Å². The molecule has 1 aromatic carbocycles. The topological polar surface area (TPSA) is 41.5 Å². The number of hydrogen-bond donors (Lipinski definition) is 2. The smallest absolute Gasteiger partial charge is 0.118 e. The molecule has 0 unspecified atom stereocenters. The first kappa shape index (κ1) is 15.3. The van der Waals surface area contributed by atoms with Gasteiger partial charge in [-0.05, 0) is 55.5 Å². The summed E-state index contributed by atoms with van der Waals surface area (Å²) in [5, 5.41) is 13.0.